The molecular weight excluding hydrogens is 272 g/mol. The van der Waals surface area contributed by atoms with Crippen molar-refractivity contribution >= 4 is 22.4 Å². The zero-order valence-electron chi connectivity index (χ0n) is 11.4. The van der Waals surface area contributed by atoms with Gasteiger partial charge in [-0.05, 0) is 13.0 Å². The van der Waals surface area contributed by atoms with E-state index in [1.54, 1.807) is 23.7 Å². The van der Waals surface area contributed by atoms with E-state index in [9.17, 15) is 0 Å². The number of thiazole rings is 1. The Morgan fingerprint density at radius 3 is 2.40 bits per heavy atom. The maximum atomic E-state index is 5.86. The highest BCUT2D eigenvalue weighted by Crippen LogP contribution is 2.24. The van der Waals surface area contributed by atoms with Crippen molar-refractivity contribution in [1.29, 1.82) is 0 Å². The lowest BCUT2D eigenvalue weighted by Gasteiger charge is -2.34. The SMILES string of the molecule is CC(N)c1csc(N2CCN(c3ncccn3)CC2)n1. The lowest BCUT2D eigenvalue weighted by Crippen LogP contribution is -2.47. The summed E-state index contributed by atoms with van der Waals surface area (Å²) in [6.07, 6.45) is 3.56. The van der Waals surface area contributed by atoms with Gasteiger partial charge in [-0.3, -0.25) is 0 Å². The monoisotopic (exact) mass is 290 g/mol. The summed E-state index contributed by atoms with van der Waals surface area (Å²) in [6, 6.07) is 1.84. The highest BCUT2D eigenvalue weighted by atomic mass is 32.1. The molecule has 1 aliphatic rings. The molecule has 3 heterocycles. The van der Waals surface area contributed by atoms with Crippen LogP contribution in [0.2, 0.25) is 0 Å². The molecule has 0 bridgehead atoms. The maximum Gasteiger partial charge on any atom is 0.225 e. The first-order valence-corrected chi connectivity index (χ1v) is 7.60. The molecule has 20 heavy (non-hydrogen) atoms. The van der Waals surface area contributed by atoms with E-state index in [-0.39, 0.29) is 6.04 Å². The summed E-state index contributed by atoms with van der Waals surface area (Å²) in [7, 11) is 0. The van der Waals surface area contributed by atoms with Crippen molar-refractivity contribution in [3.8, 4) is 0 Å². The first kappa shape index (κ1) is 13.3. The van der Waals surface area contributed by atoms with E-state index >= 15 is 0 Å². The van der Waals surface area contributed by atoms with Crippen molar-refractivity contribution in [2.24, 2.45) is 5.73 Å². The number of nitrogens with zero attached hydrogens (tertiary/aromatic N) is 5. The van der Waals surface area contributed by atoms with Crippen LogP contribution in [-0.4, -0.2) is 41.1 Å². The smallest absolute Gasteiger partial charge is 0.225 e. The highest BCUT2D eigenvalue weighted by Gasteiger charge is 2.21. The number of hydrogen-bond acceptors (Lipinski definition) is 7. The molecule has 2 aromatic heterocycles. The Labute approximate surface area is 122 Å². The van der Waals surface area contributed by atoms with Gasteiger partial charge in [-0.15, -0.1) is 11.3 Å². The summed E-state index contributed by atoms with van der Waals surface area (Å²) < 4.78 is 0. The third-order valence-electron chi connectivity index (χ3n) is 3.36. The van der Waals surface area contributed by atoms with Crippen molar-refractivity contribution < 1.29 is 0 Å². The Kier molecular flexibility index (Phi) is 3.79. The van der Waals surface area contributed by atoms with Gasteiger partial charge < -0.3 is 15.5 Å². The van der Waals surface area contributed by atoms with Crippen molar-refractivity contribution in [2.75, 3.05) is 36.0 Å². The molecule has 1 unspecified atom stereocenters. The van der Waals surface area contributed by atoms with Gasteiger partial charge >= 0.3 is 0 Å². The number of aromatic nitrogens is 3. The summed E-state index contributed by atoms with van der Waals surface area (Å²) in [5, 5.41) is 3.11. The molecule has 0 saturated carbocycles. The van der Waals surface area contributed by atoms with E-state index in [0.717, 1.165) is 43.0 Å². The summed E-state index contributed by atoms with van der Waals surface area (Å²) >= 11 is 1.67. The van der Waals surface area contributed by atoms with Gasteiger partial charge in [0.1, 0.15) is 0 Å². The zero-order chi connectivity index (χ0) is 13.9. The minimum Gasteiger partial charge on any atom is -0.345 e. The molecule has 0 aromatic carbocycles. The highest BCUT2D eigenvalue weighted by molar-refractivity contribution is 7.13. The standard InChI is InChI=1S/C13H18N6S/c1-10(14)11-9-20-13(17-11)19-7-5-18(6-8-19)12-15-3-2-4-16-12/h2-4,9-10H,5-8,14H2,1H3. The van der Waals surface area contributed by atoms with E-state index in [0.29, 0.717) is 0 Å². The Bertz CT molecular complexity index is 547. The largest absolute Gasteiger partial charge is 0.345 e. The third-order valence-corrected chi connectivity index (χ3v) is 4.28. The second kappa shape index (κ2) is 5.72. The minimum absolute atomic E-state index is 0.000919. The number of hydrogen-bond donors (Lipinski definition) is 1. The Balaban J connectivity index is 1.63. The molecule has 6 nitrogen and oxygen atoms in total. The van der Waals surface area contributed by atoms with E-state index in [4.69, 9.17) is 5.73 Å². The van der Waals surface area contributed by atoms with Crippen molar-refractivity contribution in [2.45, 2.75) is 13.0 Å². The summed E-state index contributed by atoms with van der Waals surface area (Å²) in [6.45, 7) is 5.66. The lowest BCUT2D eigenvalue weighted by molar-refractivity contribution is 0.637. The molecule has 0 radical (unpaired) electrons. The molecule has 7 heteroatoms. The maximum absolute atomic E-state index is 5.86. The molecule has 1 saturated heterocycles. The molecule has 0 spiro atoms. The van der Waals surface area contributed by atoms with Crippen LogP contribution in [0.4, 0.5) is 11.1 Å². The fourth-order valence-corrected chi connectivity index (χ4v) is 3.17. The van der Waals surface area contributed by atoms with Crippen LogP contribution in [0.15, 0.2) is 23.8 Å². The van der Waals surface area contributed by atoms with Crippen LogP contribution in [0.5, 0.6) is 0 Å². The summed E-state index contributed by atoms with van der Waals surface area (Å²) in [5.74, 6) is 0.808. The second-order valence-corrected chi connectivity index (χ2v) is 5.70. The van der Waals surface area contributed by atoms with Gasteiger partial charge in [-0.25, -0.2) is 15.0 Å². The van der Waals surface area contributed by atoms with Crippen LogP contribution in [0.25, 0.3) is 0 Å². The summed E-state index contributed by atoms with van der Waals surface area (Å²) in [4.78, 5) is 17.7. The van der Waals surface area contributed by atoms with Crippen LogP contribution in [-0.2, 0) is 0 Å². The quantitative estimate of drug-likeness (QED) is 0.918. The predicted molar refractivity (Wildman–Crippen MR) is 81.2 cm³/mol. The van der Waals surface area contributed by atoms with Crippen molar-refractivity contribution in [1.82, 2.24) is 15.0 Å². The van der Waals surface area contributed by atoms with Gasteiger partial charge in [-0.2, -0.15) is 0 Å². The van der Waals surface area contributed by atoms with Gasteiger partial charge in [-0.1, -0.05) is 0 Å². The van der Waals surface area contributed by atoms with E-state index < -0.39 is 0 Å². The topological polar surface area (TPSA) is 71.2 Å². The molecule has 106 valence electrons. The molecule has 2 N–H and O–H groups in total. The van der Waals surface area contributed by atoms with E-state index in [2.05, 4.69) is 24.8 Å². The Morgan fingerprint density at radius 2 is 1.80 bits per heavy atom. The van der Waals surface area contributed by atoms with E-state index in [1.807, 2.05) is 18.4 Å². The Morgan fingerprint density at radius 1 is 1.15 bits per heavy atom. The van der Waals surface area contributed by atoms with Gasteiger partial charge in [0.15, 0.2) is 5.13 Å². The number of anilines is 2. The van der Waals surface area contributed by atoms with Crippen LogP contribution in [0.1, 0.15) is 18.7 Å². The lowest BCUT2D eigenvalue weighted by atomic mass is 10.3. The predicted octanol–water partition coefficient (Wildman–Crippen LogP) is 1.28. The minimum atomic E-state index is -0.000919. The Hall–Kier alpha value is -1.73. The second-order valence-electron chi connectivity index (χ2n) is 4.87. The molecule has 1 fully saturated rings. The average Bonchev–Trinajstić information content (AvgIpc) is 2.98. The van der Waals surface area contributed by atoms with Gasteiger partial charge in [0, 0.05) is 50.0 Å². The normalized spacial score (nSPS) is 17.3. The zero-order valence-corrected chi connectivity index (χ0v) is 12.3. The number of piperazine rings is 1. The van der Waals surface area contributed by atoms with Crippen molar-refractivity contribution in [3.63, 3.8) is 0 Å². The number of nitrogens with two attached hydrogens (primary N) is 1. The molecule has 1 aliphatic heterocycles. The first-order valence-electron chi connectivity index (χ1n) is 6.72. The van der Waals surface area contributed by atoms with Crippen molar-refractivity contribution in [3.05, 3.63) is 29.5 Å². The fourth-order valence-electron chi connectivity index (χ4n) is 2.18. The summed E-state index contributed by atoms with van der Waals surface area (Å²) in [5.41, 5.74) is 6.83. The molecule has 2 aromatic rings. The van der Waals surface area contributed by atoms with Crippen LogP contribution < -0.4 is 15.5 Å². The third kappa shape index (κ3) is 2.73. The molecule has 1 atom stereocenters. The number of rotatable bonds is 3. The molecular formula is C13H18N6S. The van der Waals surface area contributed by atoms with Gasteiger partial charge in [0.05, 0.1) is 5.69 Å². The van der Waals surface area contributed by atoms with Gasteiger partial charge in [0.2, 0.25) is 5.95 Å². The molecule has 3 rings (SSSR count). The molecule has 0 aliphatic carbocycles. The van der Waals surface area contributed by atoms with Crippen LogP contribution in [0.3, 0.4) is 0 Å². The van der Waals surface area contributed by atoms with Crippen LogP contribution in [0, 0.1) is 0 Å². The van der Waals surface area contributed by atoms with E-state index in [1.165, 1.54) is 0 Å². The molecule has 0 amide bonds. The first-order chi connectivity index (χ1) is 9.74. The fraction of sp³-hybridized carbons (Fsp3) is 0.462. The van der Waals surface area contributed by atoms with Crippen LogP contribution >= 0.6 is 11.3 Å². The average molecular weight is 290 g/mol. The van der Waals surface area contributed by atoms with Gasteiger partial charge in [0.25, 0.3) is 0 Å².